The summed E-state index contributed by atoms with van der Waals surface area (Å²) >= 11 is 0. The highest BCUT2D eigenvalue weighted by Crippen LogP contribution is 2.15. The normalized spacial score (nSPS) is 15.2. The second-order valence-electron chi connectivity index (χ2n) is 5.93. The number of hydrogen-bond donors (Lipinski definition) is 1. The number of alkyl halides is 3. The van der Waals surface area contributed by atoms with Crippen LogP contribution >= 0.6 is 24.0 Å². The first-order chi connectivity index (χ1) is 12.3. The van der Waals surface area contributed by atoms with Crippen LogP contribution in [-0.2, 0) is 4.79 Å². The molecule has 2 rings (SSSR count). The second kappa shape index (κ2) is 10.5. The van der Waals surface area contributed by atoms with Crippen molar-refractivity contribution in [2.75, 3.05) is 58.3 Å². The lowest BCUT2D eigenvalue weighted by Crippen LogP contribution is -2.54. The molecule has 0 bridgehead atoms. The van der Waals surface area contributed by atoms with Gasteiger partial charge in [-0.3, -0.25) is 9.79 Å². The third kappa shape index (κ3) is 7.39. The average Bonchev–Trinajstić information content (AvgIpc) is 2.62. The lowest BCUT2D eigenvalue weighted by atomic mass is 10.3. The number of aromatic nitrogens is 1. The number of anilines is 1. The summed E-state index contributed by atoms with van der Waals surface area (Å²) in [6.07, 6.45) is -2.67. The van der Waals surface area contributed by atoms with Gasteiger partial charge in [0.05, 0.1) is 6.54 Å². The van der Waals surface area contributed by atoms with Crippen molar-refractivity contribution in [1.29, 1.82) is 0 Å². The van der Waals surface area contributed by atoms with Crippen LogP contribution in [0.4, 0.5) is 19.0 Å². The van der Waals surface area contributed by atoms with Gasteiger partial charge in [0.25, 0.3) is 0 Å². The molecule has 7 nitrogen and oxygen atoms in total. The van der Waals surface area contributed by atoms with Gasteiger partial charge >= 0.3 is 6.18 Å². The number of likely N-dealkylation sites (N-methyl/N-ethyl adjacent to an activating group) is 1. The van der Waals surface area contributed by atoms with Gasteiger partial charge in [0.2, 0.25) is 5.91 Å². The molecule has 1 aliphatic heterocycles. The number of piperazine rings is 1. The van der Waals surface area contributed by atoms with Gasteiger partial charge in [0.15, 0.2) is 5.96 Å². The highest BCUT2D eigenvalue weighted by Gasteiger charge is 2.31. The quantitative estimate of drug-likeness (QED) is 0.385. The van der Waals surface area contributed by atoms with Gasteiger partial charge in [0.1, 0.15) is 12.4 Å². The van der Waals surface area contributed by atoms with Crippen molar-refractivity contribution >= 4 is 41.7 Å². The molecule has 152 valence electrons. The molecular formula is C16H24F3IN6O. The predicted octanol–water partition coefficient (Wildman–Crippen LogP) is 1.42. The molecule has 11 heteroatoms. The van der Waals surface area contributed by atoms with E-state index in [1.165, 1.54) is 0 Å². The van der Waals surface area contributed by atoms with E-state index in [0.29, 0.717) is 23.9 Å². The summed E-state index contributed by atoms with van der Waals surface area (Å²) in [5.41, 5.74) is 0. The summed E-state index contributed by atoms with van der Waals surface area (Å²) < 4.78 is 37.0. The Hall–Kier alpha value is -1.79. The Labute approximate surface area is 173 Å². The van der Waals surface area contributed by atoms with Crippen LogP contribution in [0, 0.1) is 0 Å². The molecule has 1 amide bonds. The SMILES string of the molecule is CN=C(NCC(=O)N(C)CC(F)(F)F)N1CCN(c2ccccn2)CC1.I. The number of rotatable bonds is 4. The molecule has 0 unspecified atom stereocenters. The van der Waals surface area contributed by atoms with E-state index >= 15 is 0 Å². The van der Waals surface area contributed by atoms with Gasteiger partial charge in [0, 0.05) is 46.5 Å². The average molecular weight is 500 g/mol. The molecule has 0 aliphatic carbocycles. The molecule has 0 aromatic carbocycles. The Morgan fingerprint density at radius 2 is 1.96 bits per heavy atom. The molecule has 1 aliphatic rings. The van der Waals surface area contributed by atoms with Crippen LogP contribution in [0.15, 0.2) is 29.4 Å². The van der Waals surface area contributed by atoms with Crippen molar-refractivity contribution in [3.63, 3.8) is 0 Å². The van der Waals surface area contributed by atoms with E-state index in [4.69, 9.17) is 0 Å². The fourth-order valence-electron chi connectivity index (χ4n) is 2.67. The molecule has 0 atom stereocenters. The number of nitrogens with zero attached hydrogens (tertiary/aromatic N) is 5. The Morgan fingerprint density at radius 1 is 1.30 bits per heavy atom. The summed E-state index contributed by atoms with van der Waals surface area (Å²) in [4.78, 5) is 25.0. The summed E-state index contributed by atoms with van der Waals surface area (Å²) in [5, 5.41) is 2.84. The molecule has 0 spiro atoms. The minimum atomic E-state index is -4.41. The standard InChI is InChI=1S/C16H23F3N6O.HI/c1-20-15(22-11-14(26)23(2)12-16(17,18)19)25-9-7-24(8-10-25)13-5-3-4-6-21-13;/h3-6H,7-12H2,1-2H3,(H,20,22);1H. The van der Waals surface area contributed by atoms with Crippen LogP contribution in [-0.4, -0.2) is 86.2 Å². The number of amides is 1. The van der Waals surface area contributed by atoms with Crippen LogP contribution in [0.25, 0.3) is 0 Å². The van der Waals surface area contributed by atoms with Gasteiger partial charge in [-0.15, -0.1) is 24.0 Å². The van der Waals surface area contributed by atoms with Gasteiger partial charge < -0.3 is 20.0 Å². The Balaban J connectivity index is 0.00000364. The number of hydrogen-bond acceptors (Lipinski definition) is 4. The van der Waals surface area contributed by atoms with Crippen LogP contribution in [0.3, 0.4) is 0 Å². The topological polar surface area (TPSA) is 64.1 Å². The lowest BCUT2D eigenvalue weighted by molar-refractivity contribution is -0.157. The monoisotopic (exact) mass is 500 g/mol. The van der Waals surface area contributed by atoms with Gasteiger partial charge in [-0.05, 0) is 12.1 Å². The number of pyridine rings is 1. The molecule has 0 radical (unpaired) electrons. The first-order valence-electron chi connectivity index (χ1n) is 8.22. The van der Waals surface area contributed by atoms with E-state index in [-0.39, 0.29) is 30.5 Å². The van der Waals surface area contributed by atoms with E-state index < -0.39 is 18.6 Å². The van der Waals surface area contributed by atoms with Crippen LogP contribution < -0.4 is 10.2 Å². The maximum Gasteiger partial charge on any atom is 0.406 e. The largest absolute Gasteiger partial charge is 0.406 e. The van der Waals surface area contributed by atoms with E-state index in [1.54, 1.807) is 13.2 Å². The molecule has 1 aromatic rings. The van der Waals surface area contributed by atoms with Crippen molar-refractivity contribution < 1.29 is 18.0 Å². The molecule has 1 N–H and O–H groups in total. The minimum absolute atomic E-state index is 0. The lowest BCUT2D eigenvalue weighted by Gasteiger charge is -2.37. The first-order valence-corrected chi connectivity index (χ1v) is 8.22. The predicted molar refractivity (Wildman–Crippen MR) is 108 cm³/mol. The van der Waals surface area contributed by atoms with E-state index in [9.17, 15) is 18.0 Å². The molecule has 27 heavy (non-hydrogen) atoms. The van der Waals surface area contributed by atoms with Gasteiger partial charge in [-0.2, -0.15) is 13.2 Å². The van der Waals surface area contributed by atoms with Crippen molar-refractivity contribution in [3.05, 3.63) is 24.4 Å². The van der Waals surface area contributed by atoms with Crippen LogP contribution in [0.5, 0.6) is 0 Å². The number of carbonyl (C=O) groups excluding carboxylic acids is 1. The first kappa shape index (κ1) is 23.2. The Kier molecular flexibility index (Phi) is 9.06. The van der Waals surface area contributed by atoms with Gasteiger partial charge in [-0.25, -0.2) is 4.98 Å². The number of guanidine groups is 1. The highest BCUT2D eigenvalue weighted by molar-refractivity contribution is 14.0. The number of carbonyl (C=O) groups is 1. The maximum absolute atomic E-state index is 12.3. The van der Waals surface area contributed by atoms with Crippen molar-refractivity contribution in [2.45, 2.75) is 6.18 Å². The number of aliphatic imine (C=N–C) groups is 1. The molecular weight excluding hydrogens is 476 g/mol. The van der Waals surface area contributed by atoms with Crippen molar-refractivity contribution in [3.8, 4) is 0 Å². The Bertz CT molecular complexity index is 620. The zero-order chi connectivity index (χ0) is 19.2. The maximum atomic E-state index is 12.3. The van der Waals surface area contributed by atoms with Crippen molar-refractivity contribution in [2.24, 2.45) is 4.99 Å². The number of halogens is 4. The third-order valence-electron chi connectivity index (χ3n) is 4.00. The minimum Gasteiger partial charge on any atom is -0.353 e. The fourth-order valence-corrected chi connectivity index (χ4v) is 2.67. The molecule has 1 saturated heterocycles. The summed E-state index contributed by atoms with van der Waals surface area (Å²) in [6.45, 7) is 1.31. The summed E-state index contributed by atoms with van der Waals surface area (Å²) in [6, 6.07) is 5.73. The molecule has 1 fully saturated rings. The molecule has 1 aromatic heterocycles. The Morgan fingerprint density at radius 3 is 2.48 bits per heavy atom. The summed E-state index contributed by atoms with van der Waals surface area (Å²) in [5.74, 6) is 0.758. The van der Waals surface area contributed by atoms with E-state index in [0.717, 1.165) is 26.0 Å². The molecule has 2 heterocycles. The highest BCUT2D eigenvalue weighted by atomic mass is 127. The zero-order valence-corrected chi connectivity index (χ0v) is 17.6. The zero-order valence-electron chi connectivity index (χ0n) is 15.2. The van der Waals surface area contributed by atoms with E-state index in [1.807, 2.05) is 23.1 Å². The van der Waals surface area contributed by atoms with Crippen molar-refractivity contribution in [1.82, 2.24) is 20.1 Å². The molecule has 0 saturated carbocycles. The van der Waals surface area contributed by atoms with Crippen LogP contribution in [0.2, 0.25) is 0 Å². The third-order valence-corrected chi connectivity index (χ3v) is 4.00. The number of nitrogens with one attached hydrogen (secondary N) is 1. The summed E-state index contributed by atoms with van der Waals surface area (Å²) in [7, 11) is 2.71. The van der Waals surface area contributed by atoms with E-state index in [2.05, 4.69) is 20.2 Å². The second-order valence-corrected chi connectivity index (χ2v) is 5.93. The fraction of sp³-hybridized carbons (Fsp3) is 0.562. The van der Waals surface area contributed by atoms with Crippen LogP contribution in [0.1, 0.15) is 0 Å². The van der Waals surface area contributed by atoms with Gasteiger partial charge in [-0.1, -0.05) is 6.07 Å². The smallest absolute Gasteiger partial charge is 0.353 e.